The van der Waals surface area contributed by atoms with E-state index in [0.717, 1.165) is 19.3 Å². The Balaban J connectivity index is 1.56. The zero-order valence-electron chi connectivity index (χ0n) is 14.9. The number of carboxylic acid groups (broad SMARTS) is 1. The number of carboxylic acids is 1. The summed E-state index contributed by atoms with van der Waals surface area (Å²) in [5.41, 5.74) is -0.0203. The van der Waals surface area contributed by atoms with E-state index in [1.165, 1.54) is 24.3 Å². The minimum atomic E-state index is -3.31. The van der Waals surface area contributed by atoms with E-state index in [4.69, 9.17) is 14.3 Å². The summed E-state index contributed by atoms with van der Waals surface area (Å²) in [6, 6.07) is 5.67. The summed E-state index contributed by atoms with van der Waals surface area (Å²) in [7, 11) is -3.31. The second-order valence-electron chi connectivity index (χ2n) is 6.51. The first-order valence-electron chi connectivity index (χ1n) is 8.99. The third-order valence-electron chi connectivity index (χ3n) is 4.39. The molecular formula is C18H23NO7S. The fraction of sp³-hybridized carbons (Fsp3) is 0.556. The molecular weight excluding hydrogens is 374 g/mol. The average molecular weight is 397 g/mol. The van der Waals surface area contributed by atoms with Crippen LogP contribution in [-0.2, 0) is 28.9 Å². The Kier molecular flexibility index (Phi) is 6.46. The Morgan fingerprint density at radius 1 is 1.15 bits per heavy atom. The van der Waals surface area contributed by atoms with Crippen molar-refractivity contribution in [2.75, 3.05) is 19.8 Å². The largest absolute Gasteiger partial charge is 0.476 e. The molecule has 1 heterocycles. The minimum absolute atomic E-state index is 0.0881. The molecule has 3 rings (SSSR count). The number of carbonyl (C=O) groups is 1. The van der Waals surface area contributed by atoms with Crippen LogP contribution in [0.2, 0.25) is 0 Å². The van der Waals surface area contributed by atoms with Gasteiger partial charge < -0.3 is 19.4 Å². The van der Waals surface area contributed by atoms with Crippen LogP contribution in [0.3, 0.4) is 0 Å². The highest BCUT2D eigenvalue weighted by molar-refractivity contribution is 7.92. The van der Waals surface area contributed by atoms with Gasteiger partial charge in [0.2, 0.25) is 0 Å². The summed E-state index contributed by atoms with van der Waals surface area (Å²) in [5.74, 6) is -1.26. The molecule has 1 unspecified atom stereocenters. The third-order valence-corrected chi connectivity index (χ3v) is 6.67. The van der Waals surface area contributed by atoms with E-state index in [0.29, 0.717) is 19.4 Å². The van der Waals surface area contributed by atoms with Gasteiger partial charge in [-0.3, -0.25) is 0 Å². The lowest BCUT2D eigenvalue weighted by atomic mass is 10.1. The molecule has 0 spiro atoms. The molecule has 0 radical (unpaired) electrons. The van der Waals surface area contributed by atoms with Crippen molar-refractivity contribution in [3.63, 3.8) is 0 Å². The molecule has 1 atom stereocenters. The molecule has 0 bridgehead atoms. The topological polar surface area (TPSA) is 111 Å². The summed E-state index contributed by atoms with van der Waals surface area (Å²) < 4.78 is 35.3. The third kappa shape index (κ3) is 5.27. The monoisotopic (exact) mass is 397 g/mol. The molecule has 8 nitrogen and oxygen atoms in total. The molecule has 1 aliphatic carbocycles. The van der Waals surface area contributed by atoms with Gasteiger partial charge in [-0.15, -0.1) is 0 Å². The van der Waals surface area contributed by atoms with Crippen molar-refractivity contribution in [2.45, 2.75) is 48.5 Å². The van der Waals surface area contributed by atoms with E-state index in [9.17, 15) is 18.3 Å². The van der Waals surface area contributed by atoms with Crippen LogP contribution in [-0.4, -0.2) is 56.6 Å². The van der Waals surface area contributed by atoms with E-state index >= 15 is 0 Å². The summed E-state index contributed by atoms with van der Waals surface area (Å²) >= 11 is 0. The molecule has 1 N–H and O–H groups in total. The van der Waals surface area contributed by atoms with Gasteiger partial charge in [0.1, 0.15) is 6.61 Å². The van der Waals surface area contributed by atoms with E-state index in [2.05, 4.69) is 5.16 Å². The summed E-state index contributed by atoms with van der Waals surface area (Å²) in [6.07, 6.45) is 4.02. The molecule has 0 aromatic heterocycles. The number of hydrogen-bond donors (Lipinski definition) is 1. The lowest BCUT2D eigenvalue weighted by Gasteiger charge is -2.22. The average Bonchev–Trinajstić information content (AvgIpc) is 3.51. The quantitative estimate of drug-likeness (QED) is 0.385. The number of sulfone groups is 1. The molecule has 2 aliphatic rings. The standard InChI is InChI=1S/C18H23NO7S/c20-18(21)17(19-26-12-11-25-16-3-1-2-10-24-16)13-4-6-14(7-5-13)27(22,23)15-8-9-15/h4-7,15-16H,1-3,8-12H2,(H,20,21)/b19-17+. The normalized spacial score (nSPS) is 21.0. The highest BCUT2D eigenvalue weighted by Gasteiger charge is 2.36. The van der Waals surface area contributed by atoms with Gasteiger partial charge in [0.25, 0.3) is 0 Å². The van der Waals surface area contributed by atoms with Crippen LogP contribution in [0.1, 0.15) is 37.7 Å². The number of oxime groups is 1. The first-order chi connectivity index (χ1) is 13.0. The fourth-order valence-corrected chi connectivity index (χ4v) is 4.42. The van der Waals surface area contributed by atoms with Crippen molar-refractivity contribution in [1.82, 2.24) is 0 Å². The molecule has 0 amide bonds. The Bertz CT molecular complexity index is 778. The van der Waals surface area contributed by atoms with Crippen molar-refractivity contribution < 1.29 is 32.6 Å². The molecule has 1 saturated carbocycles. The Hall–Kier alpha value is -1.97. The Morgan fingerprint density at radius 2 is 1.89 bits per heavy atom. The zero-order valence-corrected chi connectivity index (χ0v) is 15.7. The van der Waals surface area contributed by atoms with Crippen molar-refractivity contribution >= 4 is 21.5 Å². The fourth-order valence-electron chi connectivity index (χ4n) is 2.76. The summed E-state index contributed by atoms with van der Waals surface area (Å²) in [4.78, 5) is 16.7. The van der Waals surface area contributed by atoms with Crippen molar-refractivity contribution in [3.05, 3.63) is 29.8 Å². The zero-order chi connectivity index (χ0) is 19.3. The van der Waals surface area contributed by atoms with Gasteiger partial charge >= 0.3 is 5.97 Å². The lowest BCUT2D eigenvalue weighted by Crippen LogP contribution is -2.24. The van der Waals surface area contributed by atoms with E-state index < -0.39 is 15.8 Å². The minimum Gasteiger partial charge on any atom is -0.476 e. The predicted molar refractivity (Wildman–Crippen MR) is 96.3 cm³/mol. The first-order valence-corrected chi connectivity index (χ1v) is 10.5. The maximum absolute atomic E-state index is 12.2. The molecule has 1 saturated heterocycles. The number of ether oxygens (including phenoxy) is 2. The lowest BCUT2D eigenvalue weighted by molar-refractivity contribution is -0.169. The van der Waals surface area contributed by atoms with E-state index in [1.807, 2.05) is 0 Å². The number of nitrogens with zero attached hydrogens (tertiary/aromatic N) is 1. The summed E-state index contributed by atoms with van der Waals surface area (Å²) in [5, 5.41) is 12.7. The smallest absolute Gasteiger partial charge is 0.358 e. The Labute approximate surface area is 158 Å². The predicted octanol–water partition coefficient (Wildman–Crippen LogP) is 1.97. The number of rotatable bonds is 9. The van der Waals surface area contributed by atoms with Crippen LogP contribution in [0.5, 0.6) is 0 Å². The van der Waals surface area contributed by atoms with Crippen LogP contribution in [0.25, 0.3) is 0 Å². The van der Waals surface area contributed by atoms with Gasteiger partial charge in [0, 0.05) is 12.2 Å². The van der Waals surface area contributed by atoms with Crippen LogP contribution >= 0.6 is 0 Å². The number of benzene rings is 1. The number of hydrogen-bond acceptors (Lipinski definition) is 7. The molecule has 27 heavy (non-hydrogen) atoms. The second kappa shape index (κ2) is 8.81. The van der Waals surface area contributed by atoms with Crippen LogP contribution in [0.15, 0.2) is 34.3 Å². The number of aliphatic carboxylic acids is 1. The first kappa shape index (κ1) is 19.8. The van der Waals surface area contributed by atoms with E-state index in [1.54, 1.807) is 0 Å². The highest BCUT2D eigenvalue weighted by Crippen LogP contribution is 2.33. The van der Waals surface area contributed by atoms with Gasteiger partial charge in [-0.2, -0.15) is 0 Å². The Morgan fingerprint density at radius 3 is 2.48 bits per heavy atom. The SMILES string of the molecule is O=C(O)/C(=N/OCCOC1CCCCO1)c1ccc(S(=O)(=O)C2CC2)cc1. The molecule has 9 heteroatoms. The molecule has 1 aromatic carbocycles. The van der Waals surface area contributed by atoms with E-state index in [-0.39, 0.29) is 40.9 Å². The van der Waals surface area contributed by atoms with Crippen molar-refractivity contribution in [1.29, 1.82) is 0 Å². The molecule has 2 fully saturated rings. The van der Waals surface area contributed by atoms with Gasteiger partial charge in [0.15, 0.2) is 21.8 Å². The van der Waals surface area contributed by atoms with Crippen molar-refractivity contribution in [2.24, 2.45) is 5.16 Å². The van der Waals surface area contributed by atoms with Crippen molar-refractivity contribution in [3.8, 4) is 0 Å². The second-order valence-corrected chi connectivity index (χ2v) is 8.74. The van der Waals surface area contributed by atoms with Crippen LogP contribution in [0, 0.1) is 0 Å². The highest BCUT2D eigenvalue weighted by atomic mass is 32.2. The van der Waals surface area contributed by atoms with Gasteiger partial charge in [-0.25, -0.2) is 13.2 Å². The maximum atomic E-state index is 12.2. The molecule has 1 aromatic rings. The van der Waals surface area contributed by atoms with Crippen LogP contribution in [0.4, 0.5) is 0 Å². The maximum Gasteiger partial charge on any atom is 0.358 e. The summed E-state index contributed by atoms with van der Waals surface area (Å²) in [6.45, 7) is 1.00. The van der Waals surface area contributed by atoms with Crippen LogP contribution < -0.4 is 0 Å². The van der Waals surface area contributed by atoms with Gasteiger partial charge in [0.05, 0.1) is 16.8 Å². The molecule has 148 valence electrons. The van der Waals surface area contributed by atoms with Gasteiger partial charge in [-0.1, -0.05) is 17.3 Å². The molecule has 1 aliphatic heterocycles. The van der Waals surface area contributed by atoms with Gasteiger partial charge in [-0.05, 0) is 44.2 Å².